The Kier molecular flexibility index (Phi) is 4.42. The molecule has 2 aromatic rings. The van der Waals surface area contributed by atoms with Crippen LogP contribution in [0.25, 0.3) is 0 Å². The Balaban J connectivity index is 1.54. The monoisotopic (exact) mass is 323 g/mol. The van der Waals surface area contributed by atoms with E-state index in [2.05, 4.69) is 20.1 Å². The maximum Gasteiger partial charge on any atom is 0.284 e. The molecule has 0 N–H and O–H groups in total. The van der Waals surface area contributed by atoms with Crippen LogP contribution in [0.5, 0.6) is 0 Å². The van der Waals surface area contributed by atoms with Gasteiger partial charge in [-0.1, -0.05) is 17.4 Å². The second-order valence-corrected chi connectivity index (χ2v) is 6.31. The molecule has 1 amide bonds. The Labute approximate surface area is 131 Å². The Morgan fingerprint density at radius 2 is 2.05 bits per heavy atom. The number of rotatable bonds is 3. The summed E-state index contributed by atoms with van der Waals surface area (Å²) in [5.41, 5.74) is 1.05. The van der Waals surface area contributed by atoms with E-state index in [1.165, 1.54) is 0 Å². The van der Waals surface area contributed by atoms with Gasteiger partial charge in [0.2, 0.25) is 9.47 Å². The van der Waals surface area contributed by atoms with E-state index in [9.17, 15) is 4.79 Å². The molecular formula is C13H14ClN5OS. The summed E-state index contributed by atoms with van der Waals surface area (Å²) < 4.78 is 0.298. The van der Waals surface area contributed by atoms with E-state index in [-0.39, 0.29) is 5.91 Å². The average Bonchev–Trinajstić information content (AvgIpc) is 2.95. The van der Waals surface area contributed by atoms with Gasteiger partial charge in [0.05, 0.1) is 5.69 Å². The molecule has 3 heterocycles. The van der Waals surface area contributed by atoms with Crippen molar-refractivity contribution in [3.05, 3.63) is 39.6 Å². The standard InChI is InChI=1S/C13H14ClN5OS/c14-13-17-16-11(21-13)12(20)19-7-5-18(6-8-19)9-10-3-1-2-4-15-10/h1-4H,5-9H2. The smallest absolute Gasteiger partial charge is 0.284 e. The van der Waals surface area contributed by atoms with Gasteiger partial charge in [0.15, 0.2) is 0 Å². The number of pyridine rings is 1. The molecule has 1 saturated heterocycles. The zero-order chi connectivity index (χ0) is 14.7. The van der Waals surface area contributed by atoms with Crippen molar-refractivity contribution in [3.8, 4) is 0 Å². The topological polar surface area (TPSA) is 62.2 Å². The van der Waals surface area contributed by atoms with Gasteiger partial charge in [0, 0.05) is 38.9 Å². The van der Waals surface area contributed by atoms with Gasteiger partial charge in [-0.05, 0) is 23.7 Å². The predicted octanol–water partition coefficient (Wildman–Crippen LogP) is 1.54. The molecule has 0 aliphatic carbocycles. The number of amides is 1. The molecule has 6 nitrogen and oxygen atoms in total. The first-order chi connectivity index (χ1) is 10.2. The minimum Gasteiger partial charge on any atom is -0.334 e. The second kappa shape index (κ2) is 6.46. The first kappa shape index (κ1) is 14.4. The van der Waals surface area contributed by atoms with E-state index >= 15 is 0 Å². The summed E-state index contributed by atoms with van der Waals surface area (Å²) >= 11 is 6.84. The number of carbonyl (C=O) groups excluding carboxylic acids is 1. The fourth-order valence-electron chi connectivity index (χ4n) is 2.26. The van der Waals surface area contributed by atoms with E-state index in [0.717, 1.165) is 36.7 Å². The highest BCUT2D eigenvalue weighted by Crippen LogP contribution is 2.17. The average molecular weight is 324 g/mol. The van der Waals surface area contributed by atoms with Crippen LogP contribution in [0.3, 0.4) is 0 Å². The molecule has 0 aromatic carbocycles. The second-order valence-electron chi connectivity index (χ2n) is 4.75. The van der Waals surface area contributed by atoms with Crippen LogP contribution >= 0.6 is 22.9 Å². The van der Waals surface area contributed by atoms with Gasteiger partial charge in [-0.3, -0.25) is 14.7 Å². The lowest BCUT2D eigenvalue weighted by atomic mass is 10.2. The molecule has 3 rings (SSSR count). The van der Waals surface area contributed by atoms with Gasteiger partial charge in [-0.2, -0.15) is 0 Å². The molecular weight excluding hydrogens is 310 g/mol. The molecule has 0 atom stereocenters. The van der Waals surface area contributed by atoms with Crippen molar-refractivity contribution in [2.24, 2.45) is 0 Å². The summed E-state index contributed by atoms with van der Waals surface area (Å²) in [4.78, 5) is 20.6. The summed E-state index contributed by atoms with van der Waals surface area (Å²) in [5, 5.41) is 7.83. The van der Waals surface area contributed by atoms with Crippen molar-refractivity contribution in [3.63, 3.8) is 0 Å². The molecule has 21 heavy (non-hydrogen) atoms. The molecule has 2 aromatic heterocycles. The van der Waals surface area contributed by atoms with Crippen LogP contribution in [0.2, 0.25) is 4.47 Å². The third-order valence-corrected chi connectivity index (χ3v) is 4.36. The highest BCUT2D eigenvalue weighted by Gasteiger charge is 2.24. The van der Waals surface area contributed by atoms with Gasteiger partial charge in [-0.25, -0.2) is 0 Å². The first-order valence-corrected chi connectivity index (χ1v) is 7.82. The zero-order valence-corrected chi connectivity index (χ0v) is 12.8. The summed E-state index contributed by atoms with van der Waals surface area (Å²) in [7, 11) is 0. The molecule has 110 valence electrons. The van der Waals surface area contributed by atoms with Gasteiger partial charge < -0.3 is 4.90 Å². The molecule has 0 radical (unpaired) electrons. The zero-order valence-electron chi connectivity index (χ0n) is 11.3. The molecule has 1 fully saturated rings. The van der Waals surface area contributed by atoms with Crippen LogP contribution < -0.4 is 0 Å². The lowest BCUT2D eigenvalue weighted by Gasteiger charge is -2.34. The third-order valence-electron chi connectivity index (χ3n) is 3.35. The number of hydrogen-bond acceptors (Lipinski definition) is 6. The maximum absolute atomic E-state index is 12.2. The SMILES string of the molecule is O=C(c1nnc(Cl)s1)N1CCN(Cc2ccccn2)CC1. The molecule has 0 bridgehead atoms. The minimum atomic E-state index is -0.0862. The lowest BCUT2D eigenvalue weighted by Crippen LogP contribution is -2.48. The fourth-order valence-corrected chi connectivity index (χ4v) is 3.05. The Morgan fingerprint density at radius 1 is 1.24 bits per heavy atom. The van der Waals surface area contributed by atoms with Crippen LogP contribution in [0.1, 0.15) is 15.5 Å². The van der Waals surface area contributed by atoms with E-state index in [4.69, 9.17) is 11.6 Å². The van der Waals surface area contributed by atoms with Crippen LogP contribution in [-0.4, -0.2) is 57.1 Å². The van der Waals surface area contributed by atoms with E-state index in [1.807, 2.05) is 18.2 Å². The van der Waals surface area contributed by atoms with Crippen LogP contribution in [0.15, 0.2) is 24.4 Å². The third kappa shape index (κ3) is 3.55. The molecule has 0 unspecified atom stereocenters. The Hall–Kier alpha value is -1.57. The van der Waals surface area contributed by atoms with Crippen molar-refractivity contribution < 1.29 is 4.79 Å². The van der Waals surface area contributed by atoms with E-state index < -0.39 is 0 Å². The number of aromatic nitrogens is 3. The number of hydrogen-bond donors (Lipinski definition) is 0. The van der Waals surface area contributed by atoms with Crippen LogP contribution in [-0.2, 0) is 6.54 Å². The molecule has 8 heteroatoms. The van der Waals surface area contributed by atoms with E-state index in [1.54, 1.807) is 11.1 Å². The summed E-state index contributed by atoms with van der Waals surface area (Å²) in [6.45, 7) is 3.84. The normalized spacial score (nSPS) is 16.1. The van der Waals surface area contributed by atoms with Gasteiger partial charge in [-0.15, -0.1) is 10.2 Å². The minimum absolute atomic E-state index is 0.0862. The highest BCUT2D eigenvalue weighted by molar-refractivity contribution is 7.17. The number of piperazine rings is 1. The van der Waals surface area contributed by atoms with Crippen LogP contribution in [0.4, 0.5) is 0 Å². The van der Waals surface area contributed by atoms with Gasteiger partial charge in [0.25, 0.3) is 5.91 Å². The molecule has 0 saturated carbocycles. The molecule has 1 aliphatic rings. The van der Waals surface area contributed by atoms with Crippen LogP contribution in [0, 0.1) is 0 Å². The van der Waals surface area contributed by atoms with Crippen molar-refractivity contribution in [1.82, 2.24) is 25.0 Å². The fraction of sp³-hybridized carbons (Fsp3) is 0.385. The quantitative estimate of drug-likeness (QED) is 0.857. The van der Waals surface area contributed by atoms with Gasteiger partial charge in [0.1, 0.15) is 0 Å². The Bertz CT molecular complexity index is 612. The van der Waals surface area contributed by atoms with Crippen molar-refractivity contribution in [2.45, 2.75) is 6.54 Å². The highest BCUT2D eigenvalue weighted by atomic mass is 35.5. The van der Waals surface area contributed by atoms with Crippen molar-refractivity contribution >= 4 is 28.8 Å². The largest absolute Gasteiger partial charge is 0.334 e. The van der Waals surface area contributed by atoms with Gasteiger partial charge >= 0.3 is 0 Å². The van der Waals surface area contributed by atoms with E-state index in [0.29, 0.717) is 22.6 Å². The maximum atomic E-state index is 12.2. The molecule has 0 spiro atoms. The van der Waals surface area contributed by atoms with Crippen molar-refractivity contribution in [1.29, 1.82) is 0 Å². The molecule has 1 aliphatic heterocycles. The number of nitrogens with zero attached hydrogens (tertiary/aromatic N) is 5. The summed E-state index contributed by atoms with van der Waals surface area (Å²) in [5.74, 6) is -0.0862. The Morgan fingerprint density at radius 3 is 2.67 bits per heavy atom. The summed E-state index contributed by atoms with van der Waals surface area (Å²) in [6, 6.07) is 5.91. The lowest BCUT2D eigenvalue weighted by molar-refractivity contribution is 0.0626. The number of halogens is 1. The first-order valence-electron chi connectivity index (χ1n) is 6.63. The number of carbonyl (C=O) groups is 1. The van der Waals surface area contributed by atoms with Crippen molar-refractivity contribution in [2.75, 3.05) is 26.2 Å². The summed E-state index contributed by atoms with van der Waals surface area (Å²) in [6.07, 6.45) is 1.80. The predicted molar refractivity (Wildman–Crippen MR) is 80.3 cm³/mol.